The van der Waals surface area contributed by atoms with Gasteiger partial charge in [-0.25, -0.2) is 8.42 Å². The van der Waals surface area contributed by atoms with Crippen molar-refractivity contribution >= 4 is 16.0 Å². The maximum absolute atomic E-state index is 12.2. The van der Waals surface area contributed by atoms with Crippen LogP contribution >= 0.6 is 0 Å². The van der Waals surface area contributed by atoms with E-state index in [0.717, 1.165) is 51.4 Å². The van der Waals surface area contributed by atoms with Crippen molar-refractivity contribution in [2.24, 2.45) is 46.3 Å². The van der Waals surface area contributed by atoms with E-state index in [4.69, 9.17) is 0 Å². The molecular weight excluding hydrogens is 477 g/mol. The molecule has 7 nitrogen and oxygen atoms in total. The van der Waals surface area contributed by atoms with E-state index in [1.807, 2.05) is 0 Å². The smallest absolute Gasteiger partial charge is 0.748 e. The third-order valence-corrected chi connectivity index (χ3v) is 11.6. The Morgan fingerprint density at radius 1 is 1.06 bits per heavy atom. The standard InChI is InChI=1S/C26H45NO6S.Na/c1-16(4-7-23(30)27-12-13-34(31,32)33)19-5-6-20-24-21(9-11-26(19,20)3)25(2)10-8-18(28)14-17(25)15-22(24)29;/h16-22,24,28-29H,4-15H2,1-3H3,(H,27,30)(H,31,32,33);/q;+1/p-1/t16-,17?,18-,19-,20+,21+,22-,24?,25+,26-;/m1./s1. The molecule has 35 heavy (non-hydrogen) atoms. The molecule has 0 aromatic carbocycles. The number of carbonyl (C=O) groups is 1. The van der Waals surface area contributed by atoms with E-state index in [1.165, 1.54) is 6.42 Å². The van der Waals surface area contributed by atoms with Crippen molar-refractivity contribution in [3.05, 3.63) is 0 Å². The van der Waals surface area contributed by atoms with Crippen molar-refractivity contribution < 1.29 is 57.5 Å². The zero-order valence-electron chi connectivity index (χ0n) is 22.0. The summed E-state index contributed by atoms with van der Waals surface area (Å²) < 4.78 is 32.2. The molecule has 0 aromatic rings. The molecule has 9 heteroatoms. The topological polar surface area (TPSA) is 127 Å². The Morgan fingerprint density at radius 2 is 1.71 bits per heavy atom. The summed E-state index contributed by atoms with van der Waals surface area (Å²) >= 11 is 0. The predicted octanol–water partition coefficient (Wildman–Crippen LogP) is 0.0587. The van der Waals surface area contributed by atoms with E-state index in [2.05, 4.69) is 26.1 Å². The van der Waals surface area contributed by atoms with Crippen LogP contribution in [0.1, 0.15) is 85.0 Å². The molecule has 3 N–H and O–H groups in total. The number of aliphatic hydroxyl groups excluding tert-OH is 2. The number of rotatable bonds is 7. The molecule has 0 radical (unpaired) electrons. The van der Waals surface area contributed by atoms with Gasteiger partial charge in [-0.2, -0.15) is 0 Å². The Kier molecular flexibility index (Phi) is 9.54. The minimum atomic E-state index is -4.31. The number of carbonyl (C=O) groups excluding carboxylic acids is 1. The van der Waals surface area contributed by atoms with E-state index in [-0.39, 0.29) is 65.0 Å². The fraction of sp³-hybridized carbons (Fsp3) is 0.962. The van der Waals surface area contributed by atoms with Gasteiger partial charge in [0.15, 0.2) is 0 Å². The number of amides is 1. The van der Waals surface area contributed by atoms with Crippen LogP contribution in [0.25, 0.3) is 0 Å². The third kappa shape index (κ3) is 5.99. The molecule has 0 aliphatic heterocycles. The summed E-state index contributed by atoms with van der Waals surface area (Å²) in [5.74, 6) is 1.92. The number of hydrogen-bond acceptors (Lipinski definition) is 6. The second-order valence-corrected chi connectivity index (χ2v) is 14.1. The van der Waals surface area contributed by atoms with E-state index < -0.39 is 15.9 Å². The van der Waals surface area contributed by atoms with Crippen LogP contribution in [0.3, 0.4) is 0 Å². The van der Waals surface area contributed by atoms with Crippen molar-refractivity contribution in [3.63, 3.8) is 0 Å². The maximum atomic E-state index is 12.2. The molecule has 0 heterocycles. The van der Waals surface area contributed by atoms with Crippen LogP contribution < -0.4 is 34.9 Å². The number of nitrogens with one attached hydrogen (secondary N) is 1. The Bertz CT molecular complexity index is 870. The largest absolute Gasteiger partial charge is 1.00 e. The van der Waals surface area contributed by atoms with Gasteiger partial charge in [-0.15, -0.1) is 0 Å². The van der Waals surface area contributed by atoms with Gasteiger partial charge in [-0.1, -0.05) is 20.8 Å². The summed E-state index contributed by atoms with van der Waals surface area (Å²) in [5, 5.41) is 24.2. The van der Waals surface area contributed by atoms with Gasteiger partial charge in [-0.05, 0) is 104 Å². The number of fused-ring (bicyclic) bond motifs is 5. The Hall–Kier alpha value is 0.300. The zero-order valence-corrected chi connectivity index (χ0v) is 24.9. The second-order valence-electron chi connectivity index (χ2n) is 12.6. The average molecular weight is 522 g/mol. The molecule has 0 saturated heterocycles. The molecule has 0 bridgehead atoms. The molecule has 10 atom stereocenters. The normalized spacial score (nSPS) is 43.8. The molecule has 4 saturated carbocycles. The van der Waals surface area contributed by atoms with Gasteiger partial charge in [0.25, 0.3) is 0 Å². The van der Waals surface area contributed by atoms with Crippen molar-refractivity contribution in [2.75, 3.05) is 12.3 Å². The van der Waals surface area contributed by atoms with Gasteiger partial charge in [0.05, 0.1) is 28.1 Å². The summed E-state index contributed by atoms with van der Waals surface area (Å²) in [7, 11) is -4.31. The van der Waals surface area contributed by atoms with Crippen molar-refractivity contribution in [1.29, 1.82) is 0 Å². The van der Waals surface area contributed by atoms with Crippen LogP contribution in [0.4, 0.5) is 0 Å². The second kappa shape index (κ2) is 11.2. The molecule has 2 unspecified atom stereocenters. The van der Waals surface area contributed by atoms with Crippen molar-refractivity contribution in [2.45, 2.75) is 97.2 Å². The van der Waals surface area contributed by atoms with E-state index in [0.29, 0.717) is 41.9 Å². The summed E-state index contributed by atoms with van der Waals surface area (Å²) in [4.78, 5) is 12.2. The molecule has 0 aromatic heterocycles. The van der Waals surface area contributed by atoms with Gasteiger partial charge in [0.2, 0.25) is 5.91 Å². The summed E-state index contributed by atoms with van der Waals surface area (Å²) in [5.41, 5.74) is 0.399. The zero-order chi connectivity index (χ0) is 24.9. The summed E-state index contributed by atoms with van der Waals surface area (Å²) in [6.07, 6.45) is 8.78. The van der Waals surface area contributed by atoms with Gasteiger partial charge < -0.3 is 20.1 Å². The number of hydrogen-bond donors (Lipinski definition) is 3. The van der Waals surface area contributed by atoms with Crippen LogP contribution in [0, 0.1) is 46.3 Å². The van der Waals surface area contributed by atoms with E-state index in [1.54, 1.807) is 0 Å². The summed E-state index contributed by atoms with van der Waals surface area (Å²) in [6.45, 7) is 6.96. The first-order valence-electron chi connectivity index (χ1n) is 13.4. The van der Waals surface area contributed by atoms with E-state index >= 15 is 0 Å². The number of aliphatic hydroxyl groups is 2. The van der Waals surface area contributed by atoms with Gasteiger partial charge in [0, 0.05) is 13.0 Å². The third-order valence-electron chi connectivity index (χ3n) is 10.9. The molecule has 196 valence electrons. The first kappa shape index (κ1) is 29.9. The van der Waals surface area contributed by atoms with Crippen molar-refractivity contribution in [3.8, 4) is 0 Å². The fourth-order valence-corrected chi connectivity index (χ4v) is 9.49. The first-order chi connectivity index (χ1) is 15.8. The Labute approximate surface area is 233 Å². The Morgan fingerprint density at radius 3 is 2.40 bits per heavy atom. The van der Waals surface area contributed by atoms with E-state index in [9.17, 15) is 28.0 Å². The predicted molar refractivity (Wildman–Crippen MR) is 129 cm³/mol. The molecule has 4 rings (SSSR count). The van der Waals surface area contributed by atoms with Crippen LogP contribution in [0.5, 0.6) is 0 Å². The molecule has 4 fully saturated rings. The van der Waals surface area contributed by atoms with Crippen molar-refractivity contribution in [1.82, 2.24) is 5.32 Å². The fourth-order valence-electron chi connectivity index (χ4n) is 9.14. The average Bonchev–Trinajstić information content (AvgIpc) is 3.09. The quantitative estimate of drug-likeness (QED) is 0.321. The monoisotopic (exact) mass is 521 g/mol. The van der Waals surface area contributed by atoms with Gasteiger partial charge >= 0.3 is 29.6 Å². The van der Waals surface area contributed by atoms with Crippen LogP contribution in [-0.2, 0) is 14.9 Å². The van der Waals surface area contributed by atoms with Crippen LogP contribution in [0.15, 0.2) is 0 Å². The van der Waals surface area contributed by atoms with Crippen LogP contribution in [0.2, 0.25) is 0 Å². The molecule has 0 spiro atoms. The first-order valence-corrected chi connectivity index (χ1v) is 15.0. The van der Waals surface area contributed by atoms with Gasteiger partial charge in [0.1, 0.15) is 0 Å². The molecule has 1 amide bonds. The molecular formula is C26H44NNaO6S. The molecule has 4 aliphatic carbocycles. The van der Waals surface area contributed by atoms with Gasteiger partial charge in [-0.3, -0.25) is 4.79 Å². The maximum Gasteiger partial charge on any atom is 1.00 e. The Balaban J connectivity index is 0.00000342. The summed E-state index contributed by atoms with van der Waals surface area (Å²) in [6, 6.07) is 0. The van der Waals surface area contributed by atoms with Crippen LogP contribution in [-0.4, -0.2) is 53.6 Å². The molecule has 4 aliphatic rings. The SMILES string of the molecule is C[C@H](CCC(=O)NCCS(=O)(=O)[O-])[C@H]1CC[C@H]2C3[C@H](O)CC4C[C@H](O)CC[C@]4(C)[C@H]3CC[C@]12C.[Na+]. The minimum absolute atomic E-state index is 0. The minimum Gasteiger partial charge on any atom is -0.748 e.